The first-order valence-electron chi connectivity index (χ1n) is 5.38. The van der Waals surface area contributed by atoms with Gasteiger partial charge in [-0.05, 0) is 12.8 Å². The van der Waals surface area contributed by atoms with Gasteiger partial charge in [0.15, 0.2) is 0 Å². The van der Waals surface area contributed by atoms with Gasteiger partial charge in [0.05, 0.1) is 30.6 Å². The SMILES string of the molecule is CCC(CO)(CO)NCC(O)CCS(=O)(=O)O. The highest BCUT2D eigenvalue weighted by Crippen LogP contribution is 2.08. The van der Waals surface area contributed by atoms with Gasteiger partial charge in [0.1, 0.15) is 0 Å². The summed E-state index contributed by atoms with van der Waals surface area (Å²) in [5.74, 6) is -0.521. The molecule has 0 saturated heterocycles. The number of hydrogen-bond donors (Lipinski definition) is 5. The second kappa shape index (κ2) is 7.24. The van der Waals surface area contributed by atoms with Crippen LogP contribution in [0.15, 0.2) is 0 Å². The van der Waals surface area contributed by atoms with Gasteiger partial charge in [0, 0.05) is 6.54 Å². The standard InChI is InChI=1S/C9H21NO6S/c1-2-9(6-11,7-12)10-5-8(13)3-4-17(14,15)16/h8,10-13H,2-7H2,1H3,(H,14,15,16). The van der Waals surface area contributed by atoms with Gasteiger partial charge in [-0.1, -0.05) is 6.92 Å². The quantitative estimate of drug-likeness (QED) is 0.318. The average molecular weight is 271 g/mol. The summed E-state index contributed by atoms with van der Waals surface area (Å²) in [6.07, 6.45) is -0.617. The predicted octanol–water partition coefficient (Wildman–Crippen LogP) is -1.65. The molecule has 0 bridgehead atoms. The Bertz CT molecular complexity index is 292. The first-order chi connectivity index (χ1) is 7.78. The molecule has 0 amide bonds. The maximum absolute atomic E-state index is 10.4. The Morgan fingerprint density at radius 2 is 1.82 bits per heavy atom. The lowest BCUT2D eigenvalue weighted by Gasteiger charge is -2.30. The normalized spacial score (nSPS) is 14.9. The Morgan fingerprint density at radius 1 is 1.29 bits per heavy atom. The van der Waals surface area contributed by atoms with Gasteiger partial charge < -0.3 is 20.6 Å². The maximum Gasteiger partial charge on any atom is 0.264 e. The van der Waals surface area contributed by atoms with Gasteiger partial charge >= 0.3 is 0 Å². The maximum atomic E-state index is 10.4. The van der Waals surface area contributed by atoms with Crippen LogP contribution in [0.3, 0.4) is 0 Å². The van der Waals surface area contributed by atoms with Crippen molar-refractivity contribution in [2.75, 3.05) is 25.5 Å². The van der Waals surface area contributed by atoms with E-state index in [4.69, 9.17) is 14.8 Å². The van der Waals surface area contributed by atoms with Crippen molar-refractivity contribution in [3.05, 3.63) is 0 Å². The topological polar surface area (TPSA) is 127 Å². The minimum Gasteiger partial charge on any atom is -0.394 e. The zero-order valence-corrected chi connectivity index (χ0v) is 10.7. The van der Waals surface area contributed by atoms with Crippen molar-refractivity contribution >= 4 is 10.1 Å². The van der Waals surface area contributed by atoms with Crippen LogP contribution in [0.4, 0.5) is 0 Å². The van der Waals surface area contributed by atoms with E-state index in [0.717, 1.165) is 0 Å². The van der Waals surface area contributed by atoms with Gasteiger partial charge in [0.2, 0.25) is 0 Å². The summed E-state index contributed by atoms with van der Waals surface area (Å²) in [6.45, 7) is 1.23. The molecule has 1 unspecified atom stereocenters. The molecule has 0 fully saturated rings. The summed E-state index contributed by atoms with van der Waals surface area (Å²) in [4.78, 5) is 0. The molecule has 7 nitrogen and oxygen atoms in total. The largest absolute Gasteiger partial charge is 0.394 e. The van der Waals surface area contributed by atoms with Crippen LogP contribution in [-0.4, -0.2) is 65.4 Å². The lowest BCUT2D eigenvalue weighted by atomic mass is 9.98. The molecule has 5 N–H and O–H groups in total. The lowest BCUT2D eigenvalue weighted by molar-refractivity contribution is 0.0701. The Morgan fingerprint density at radius 3 is 2.18 bits per heavy atom. The minimum atomic E-state index is -4.08. The molecule has 0 radical (unpaired) electrons. The molecular formula is C9H21NO6S. The van der Waals surface area contributed by atoms with E-state index in [9.17, 15) is 13.5 Å². The van der Waals surface area contributed by atoms with Crippen molar-refractivity contribution in [1.29, 1.82) is 0 Å². The van der Waals surface area contributed by atoms with E-state index >= 15 is 0 Å². The van der Waals surface area contributed by atoms with Crippen molar-refractivity contribution in [1.82, 2.24) is 5.32 Å². The van der Waals surface area contributed by atoms with E-state index in [-0.39, 0.29) is 26.2 Å². The third-order valence-corrected chi connectivity index (χ3v) is 3.46. The summed E-state index contributed by atoms with van der Waals surface area (Å²) in [7, 11) is -4.08. The second-order valence-electron chi connectivity index (χ2n) is 4.06. The number of aliphatic hydroxyl groups excluding tert-OH is 3. The zero-order valence-electron chi connectivity index (χ0n) is 9.83. The molecule has 0 heterocycles. The molecule has 0 aliphatic carbocycles. The van der Waals surface area contributed by atoms with E-state index in [1.165, 1.54) is 0 Å². The fraction of sp³-hybridized carbons (Fsp3) is 1.00. The fourth-order valence-corrected chi connectivity index (χ4v) is 1.80. The molecule has 0 rings (SSSR count). The molecular weight excluding hydrogens is 250 g/mol. The van der Waals surface area contributed by atoms with Crippen LogP contribution in [0.2, 0.25) is 0 Å². The highest BCUT2D eigenvalue weighted by Gasteiger charge is 2.26. The van der Waals surface area contributed by atoms with Gasteiger partial charge in [-0.25, -0.2) is 0 Å². The average Bonchev–Trinajstić information content (AvgIpc) is 2.28. The van der Waals surface area contributed by atoms with E-state index in [2.05, 4.69) is 5.32 Å². The van der Waals surface area contributed by atoms with E-state index in [0.29, 0.717) is 6.42 Å². The monoisotopic (exact) mass is 271 g/mol. The lowest BCUT2D eigenvalue weighted by Crippen LogP contribution is -2.53. The highest BCUT2D eigenvalue weighted by atomic mass is 32.2. The predicted molar refractivity (Wildman–Crippen MR) is 62.2 cm³/mol. The van der Waals surface area contributed by atoms with Crippen molar-refractivity contribution in [2.24, 2.45) is 0 Å². The number of nitrogens with one attached hydrogen (secondary N) is 1. The third kappa shape index (κ3) is 6.92. The Kier molecular flexibility index (Phi) is 7.14. The molecule has 0 aromatic carbocycles. The molecule has 8 heteroatoms. The van der Waals surface area contributed by atoms with Crippen LogP contribution in [-0.2, 0) is 10.1 Å². The summed E-state index contributed by atoms with van der Waals surface area (Å²) >= 11 is 0. The molecule has 0 aliphatic rings. The second-order valence-corrected chi connectivity index (χ2v) is 5.63. The zero-order chi connectivity index (χ0) is 13.5. The molecule has 17 heavy (non-hydrogen) atoms. The Balaban J connectivity index is 4.09. The summed E-state index contributed by atoms with van der Waals surface area (Å²) in [6, 6.07) is 0. The van der Waals surface area contributed by atoms with Crippen molar-refractivity contribution < 1.29 is 28.3 Å². The van der Waals surface area contributed by atoms with Crippen molar-refractivity contribution in [2.45, 2.75) is 31.4 Å². The van der Waals surface area contributed by atoms with Gasteiger partial charge in [-0.2, -0.15) is 8.42 Å². The molecule has 1 atom stereocenters. The van der Waals surface area contributed by atoms with Crippen LogP contribution >= 0.6 is 0 Å². The summed E-state index contributed by atoms with van der Waals surface area (Å²) in [5.41, 5.74) is -0.876. The van der Waals surface area contributed by atoms with E-state index in [1.54, 1.807) is 6.92 Å². The number of hydrogen-bond acceptors (Lipinski definition) is 6. The molecule has 104 valence electrons. The van der Waals surface area contributed by atoms with Crippen LogP contribution in [0.25, 0.3) is 0 Å². The molecule has 0 aromatic heterocycles. The minimum absolute atomic E-state index is 0.0322. The molecule has 0 aliphatic heterocycles. The third-order valence-electron chi connectivity index (χ3n) is 2.70. The fourth-order valence-electron chi connectivity index (χ4n) is 1.23. The number of aliphatic hydroxyl groups is 3. The Labute approximate surface area is 101 Å². The van der Waals surface area contributed by atoms with Crippen LogP contribution < -0.4 is 5.32 Å². The van der Waals surface area contributed by atoms with Gasteiger partial charge in [0.25, 0.3) is 10.1 Å². The smallest absolute Gasteiger partial charge is 0.264 e. The van der Waals surface area contributed by atoms with Crippen molar-refractivity contribution in [3.63, 3.8) is 0 Å². The van der Waals surface area contributed by atoms with Gasteiger partial charge in [-0.15, -0.1) is 0 Å². The summed E-state index contributed by atoms with van der Waals surface area (Å²) in [5, 5.41) is 30.5. The first kappa shape index (κ1) is 16.8. The Hall–Kier alpha value is -0.250. The number of rotatable bonds is 9. The van der Waals surface area contributed by atoms with Crippen molar-refractivity contribution in [3.8, 4) is 0 Å². The van der Waals surface area contributed by atoms with Gasteiger partial charge in [-0.3, -0.25) is 4.55 Å². The molecule has 0 aromatic rings. The molecule has 0 saturated carbocycles. The van der Waals surface area contributed by atoms with Crippen LogP contribution in [0.1, 0.15) is 19.8 Å². The number of β-amino-alcohol motifs (C(OH)–C–C–N with tert-alkyl or cyclic N) is 1. The highest BCUT2D eigenvalue weighted by molar-refractivity contribution is 7.85. The molecule has 0 spiro atoms. The van der Waals surface area contributed by atoms with Crippen LogP contribution in [0, 0.1) is 0 Å². The first-order valence-corrected chi connectivity index (χ1v) is 6.99. The van der Waals surface area contributed by atoms with E-state index < -0.39 is 27.5 Å². The van der Waals surface area contributed by atoms with E-state index in [1.807, 2.05) is 0 Å². The van der Waals surface area contributed by atoms with Crippen LogP contribution in [0.5, 0.6) is 0 Å². The summed E-state index contributed by atoms with van der Waals surface area (Å²) < 4.78 is 29.4.